The average Bonchev–Trinajstić information content (AvgIpc) is 2.74. The highest BCUT2D eigenvalue weighted by Gasteiger charge is 2.39. The zero-order chi connectivity index (χ0) is 17.8. The van der Waals surface area contributed by atoms with Crippen LogP contribution in [0, 0.1) is 0 Å². The second-order valence-electron chi connectivity index (χ2n) is 6.07. The second-order valence-corrected chi connectivity index (χ2v) is 6.07. The number of rotatable bonds is 4. The van der Waals surface area contributed by atoms with Crippen molar-refractivity contribution in [1.82, 2.24) is 10.6 Å². The molecule has 2 amide bonds. The first-order valence-electron chi connectivity index (χ1n) is 8.02. The lowest BCUT2D eigenvalue weighted by molar-refractivity contribution is -0.137. The molecule has 1 unspecified atom stereocenters. The van der Waals surface area contributed by atoms with Gasteiger partial charge in [-0.15, -0.1) is 0 Å². The maximum atomic E-state index is 12.7. The molecule has 2 rings (SSSR count). The molecule has 132 valence electrons. The van der Waals surface area contributed by atoms with E-state index in [-0.39, 0.29) is 18.4 Å². The average molecular weight is 342 g/mol. The molecule has 1 aliphatic rings. The summed E-state index contributed by atoms with van der Waals surface area (Å²) in [4.78, 5) is 24.3. The fourth-order valence-electron chi connectivity index (χ4n) is 2.91. The lowest BCUT2D eigenvalue weighted by Crippen LogP contribution is -2.57. The normalized spacial score (nSPS) is 21.8. The van der Waals surface area contributed by atoms with Crippen LogP contribution in [0.25, 0.3) is 0 Å². The van der Waals surface area contributed by atoms with Gasteiger partial charge in [0.15, 0.2) is 0 Å². The molecule has 24 heavy (non-hydrogen) atoms. The summed E-state index contributed by atoms with van der Waals surface area (Å²) in [7, 11) is 0. The molecule has 4 nitrogen and oxygen atoms in total. The number of alkyl halides is 3. The van der Waals surface area contributed by atoms with Gasteiger partial charge in [0.25, 0.3) is 0 Å². The van der Waals surface area contributed by atoms with Gasteiger partial charge in [0.1, 0.15) is 5.54 Å². The van der Waals surface area contributed by atoms with Gasteiger partial charge in [-0.2, -0.15) is 13.2 Å². The first-order valence-corrected chi connectivity index (χ1v) is 8.02. The molecule has 1 aliphatic heterocycles. The number of halogens is 3. The van der Waals surface area contributed by atoms with Crippen molar-refractivity contribution < 1.29 is 22.8 Å². The minimum atomic E-state index is -4.42. The number of hydrogen-bond acceptors (Lipinski definition) is 2. The van der Waals surface area contributed by atoms with Crippen LogP contribution in [-0.4, -0.2) is 17.4 Å². The Kier molecular flexibility index (Phi) is 5.51. The van der Waals surface area contributed by atoms with Crippen LogP contribution in [-0.2, 0) is 22.3 Å². The van der Waals surface area contributed by atoms with Crippen LogP contribution >= 0.6 is 0 Å². The number of nitrogens with one attached hydrogen (secondary N) is 2. The Labute approximate surface area is 138 Å². The molecule has 1 heterocycles. The fourth-order valence-corrected chi connectivity index (χ4v) is 2.91. The van der Waals surface area contributed by atoms with Crippen molar-refractivity contribution in [3.63, 3.8) is 0 Å². The summed E-state index contributed by atoms with van der Waals surface area (Å²) in [5.74, 6) is -0.513. The second kappa shape index (κ2) is 7.23. The monoisotopic (exact) mass is 342 g/mol. The molecule has 0 bridgehead atoms. The van der Waals surface area contributed by atoms with Crippen LogP contribution in [0.2, 0.25) is 0 Å². The number of carbonyl (C=O) groups excluding carboxylic acids is 2. The molecule has 1 atom stereocenters. The van der Waals surface area contributed by atoms with Gasteiger partial charge in [-0.3, -0.25) is 9.59 Å². The van der Waals surface area contributed by atoms with Crippen LogP contribution in [0.15, 0.2) is 24.3 Å². The number of hydrogen-bond donors (Lipinski definition) is 2. The zero-order valence-corrected chi connectivity index (χ0v) is 13.5. The Morgan fingerprint density at radius 2 is 2.08 bits per heavy atom. The van der Waals surface area contributed by atoms with Gasteiger partial charge in [0.2, 0.25) is 11.8 Å². The summed E-state index contributed by atoms with van der Waals surface area (Å²) < 4.78 is 38.2. The number of carbonyl (C=O) groups is 2. The van der Waals surface area contributed by atoms with Gasteiger partial charge in [-0.1, -0.05) is 25.5 Å². The quantitative estimate of drug-likeness (QED) is 0.883. The van der Waals surface area contributed by atoms with Crippen molar-refractivity contribution in [2.24, 2.45) is 0 Å². The Morgan fingerprint density at radius 1 is 1.33 bits per heavy atom. The molecule has 1 aromatic carbocycles. The maximum Gasteiger partial charge on any atom is 0.416 e. The molecular formula is C17H21F3N2O2. The molecule has 2 N–H and O–H groups in total. The Hall–Kier alpha value is -2.05. The summed E-state index contributed by atoms with van der Waals surface area (Å²) in [6.45, 7) is 1.80. The molecule has 0 aromatic heterocycles. The van der Waals surface area contributed by atoms with Crippen molar-refractivity contribution >= 4 is 11.8 Å². The predicted octanol–water partition coefficient (Wildman–Crippen LogP) is 3.16. The van der Waals surface area contributed by atoms with Gasteiger partial charge in [-0.05, 0) is 37.0 Å². The van der Waals surface area contributed by atoms with E-state index in [4.69, 9.17) is 0 Å². The third kappa shape index (κ3) is 4.27. The molecule has 0 saturated carbocycles. The van der Waals surface area contributed by atoms with Crippen molar-refractivity contribution in [2.45, 2.75) is 57.3 Å². The molecular weight excluding hydrogens is 321 g/mol. The molecule has 0 radical (unpaired) electrons. The third-order valence-electron chi connectivity index (χ3n) is 4.38. The zero-order valence-electron chi connectivity index (χ0n) is 13.5. The Morgan fingerprint density at radius 3 is 2.75 bits per heavy atom. The van der Waals surface area contributed by atoms with E-state index in [1.165, 1.54) is 12.1 Å². The van der Waals surface area contributed by atoms with Gasteiger partial charge in [0, 0.05) is 13.0 Å². The molecule has 0 aliphatic carbocycles. The maximum absolute atomic E-state index is 12.7. The van der Waals surface area contributed by atoms with Gasteiger partial charge < -0.3 is 10.6 Å². The summed E-state index contributed by atoms with van der Waals surface area (Å²) in [5, 5.41) is 5.45. The molecule has 1 fully saturated rings. The van der Waals surface area contributed by atoms with Crippen LogP contribution in [0.3, 0.4) is 0 Å². The SMILES string of the molecule is CCC1(C(=O)NCc2cccc(C(F)(F)F)c2)CCCCC(=O)N1. The van der Waals surface area contributed by atoms with Crippen molar-refractivity contribution in [1.29, 1.82) is 0 Å². The van der Waals surface area contributed by atoms with E-state index in [0.29, 0.717) is 24.8 Å². The van der Waals surface area contributed by atoms with E-state index in [0.717, 1.165) is 25.0 Å². The van der Waals surface area contributed by atoms with Gasteiger partial charge in [0.05, 0.1) is 5.56 Å². The van der Waals surface area contributed by atoms with Gasteiger partial charge >= 0.3 is 6.18 Å². The van der Waals surface area contributed by atoms with E-state index < -0.39 is 17.3 Å². The van der Waals surface area contributed by atoms with E-state index >= 15 is 0 Å². The van der Waals surface area contributed by atoms with E-state index in [9.17, 15) is 22.8 Å². The van der Waals surface area contributed by atoms with Gasteiger partial charge in [-0.25, -0.2) is 0 Å². The van der Waals surface area contributed by atoms with E-state index in [1.807, 2.05) is 6.92 Å². The summed E-state index contributed by atoms with van der Waals surface area (Å²) in [6, 6.07) is 4.85. The first-order chi connectivity index (χ1) is 11.3. The standard InChI is InChI=1S/C17H21F3N2O2/c1-2-16(9-4-3-8-14(23)22-16)15(24)21-11-12-6-5-7-13(10-12)17(18,19)20/h5-7,10H,2-4,8-9,11H2,1H3,(H,21,24)(H,22,23). The summed E-state index contributed by atoms with van der Waals surface area (Å²) >= 11 is 0. The Bertz CT molecular complexity index is 616. The van der Waals surface area contributed by atoms with Crippen LogP contribution in [0.5, 0.6) is 0 Å². The lowest BCUT2D eigenvalue weighted by Gasteiger charge is -2.31. The lowest BCUT2D eigenvalue weighted by atomic mass is 9.89. The van der Waals surface area contributed by atoms with Crippen LogP contribution in [0.4, 0.5) is 13.2 Å². The smallest absolute Gasteiger partial charge is 0.350 e. The highest BCUT2D eigenvalue weighted by Crippen LogP contribution is 2.29. The fraction of sp³-hybridized carbons (Fsp3) is 0.529. The summed E-state index contributed by atoms with van der Waals surface area (Å²) in [6.07, 6.45) is -1.57. The molecule has 1 saturated heterocycles. The summed E-state index contributed by atoms with van der Waals surface area (Å²) in [5.41, 5.74) is -1.36. The molecule has 1 aromatic rings. The van der Waals surface area contributed by atoms with Crippen LogP contribution < -0.4 is 10.6 Å². The minimum absolute atomic E-state index is 0.0135. The first kappa shape index (κ1) is 18.3. The topological polar surface area (TPSA) is 58.2 Å². The van der Waals surface area contributed by atoms with E-state index in [1.54, 1.807) is 0 Å². The van der Waals surface area contributed by atoms with Crippen molar-refractivity contribution in [2.75, 3.05) is 0 Å². The highest BCUT2D eigenvalue weighted by atomic mass is 19.4. The molecule has 0 spiro atoms. The predicted molar refractivity (Wildman–Crippen MR) is 82.9 cm³/mol. The van der Waals surface area contributed by atoms with Crippen molar-refractivity contribution in [3.8, 4) is 0 Å². The highest BCUT2D eigenvalue weighted by molar-refractivity contribution is 5.91. The van der Waals surface area contributed by atoms with Crippen molar-refractivity contribution in [3.05, 3.63) is 35.4 Å². The minimum Gasteiger partial charge on any atom is -0.350 e. The van der Waals surface area contributed by atoms with E-state index in [2.05, 4.69) is 10.6 Å². The molecule has 7 heteroatoms. The Balaban J connectivity index is 2.07. The third-order valence-corrected chi connectivity index (χ3v) is 4.38. The number of amides is 2. The van der Waals surface area contributed by atoms with Crippen LogP contribution in [0.1, 0.15) is 50.2 Å². The largest absolute Gasteiger partial charge is 0.416 e. The number of benzene rings is 1.